The fourth-order valence-electron chi connectivity index (χ4n) is 1.72. The molecule has 0 heterocycles. The Hall–Kier alpha value is -1.19. The Labute approximate surface area is 103 Å². The van der Waals surface area contributed by atoms with Crippen LogP contribution in [0, 0.1) is 0 Å². The van der Waals surface area contributed by atoms with Crippen molar-refractivity contribution in [1.82, 2.24) is 0 Å². The molecule has 0 saturated heterocycles. The molecular weight excluding hydrogens is 214 g/mol. The van der Waals surface area contributed by atoms with Gasteiger partial charge in [-0.25, -0.2) is 0 Å². The third-order valence-electron chi connectivity index (χ3n) is 2.82. The molecule has 0 aliphatic rings. The second-order valence-electron chi connectivity index (χ2n) is 4.23. The molecule has 0 bridgehead atoms. The number of Topliss-reactive ketones (excluding diaryl/α,β-unsaturated/α-hetero) is 1. The lowest BCUT2D eigenvalue weighted by atomic mass is 10.0. The van der Waals surface area contributed by atoms with Gasteiger partial charge >= 0.3 is 0 Å². The van der Waals surface area contributed by atoms with Crippen molar-refractivity contribution < 1.29 is 9.90 Å². The van der Waals surface area contributed by atoms with Gasteiger partial charge in [-0.05, 0) is 24.9 Å². The molecule has 0 radical (unpaired) electrons. The van der Waals surface area contributed by atoms with Crippen LogP contribution in [0.3, 0.4) is 0 Å². The van der Waals surface area contributed by atoms with Crippen LogP contribution < -0.4 is 5.73 Å². The standard InChI is InChI=1S/C14H21NO2/c15-10-4-2-1-3-5-14(17)13-8-6-12(11-16)7-9-13/h6-9,16H,1-5,10-11,15H2. The Bertz CT molecular complexity index is 333. The van der Waals surface area contributed by atoms with Gasteiger partial charge in [0.25, 0.3) is 0 Å². The van der Waals surface area contributed by atoms with E-state index < -0.39 is 0 Å². The molecule has 17 heavy (non-hydrogen) atoms. The summed E-state index contributed by atoms with van der Waals surface area (Å²) in [7, 11) is 0. The monoisotopic (exact) mass is 235 g/mol. The Morgan fingerprint density at radius 3 is 2.29 bits per heavy atom. The van der Waals surface area contributed by atoms with Gasteiger partial charge in [0.05, 0.1) is 6.61 Å². The highest BCUT2D eigenvalue weighted by molar-refractivity contribution is 5.96. The molecule has 0 aliphatic carbocycles. The average molecular weight is 235 g/mol. The predicted molar refractivity (Wildman–Crippen MR) is 68.8 cm³/mol. The number of hydrogen-bond acceptors (Lipinski definition) is 3. The minimum Gasteiger partial charge on any atom is -0.392 e. The highest BCUT2D eigenvalue weighted by Crippen LogP contribution is 2.10. The first-order chi connectivity index (χ1) is 8.27. The fraction of sp³-hybridized carbons (Fsp3) is 0.500. The maximum absolute atomic E-state index is 11.8. The third kappa shape index (κ3) is 5.11. The van der Waals surface area contributed by atoms with Crippen LogP contribution >= 0.6 is 0 Å². The summed E-state index contributed by atoms with van der Waals surface area (Å²) in [6, 6.07) is 7.16. The smallest absolute Gasteiger partial charge is 0.162 e. The highest BCUT2D eigenvalue weighted by Gasteiger charge is 2.04. The first-order valence-electron chi connectivity index (χ1n) is 6.21. The van der Waals surface area contributed by atoms with Crippen LogP contribution in [-0.4, -0.2) is 17.4 Å². The lowest BCUT2D eigenvalue weighted by Crippen LogP contribution is -2.00. The number of carbonyl (C=O) groups is 1. The van der Waals surface area contributed by atoms with Crippen molar-refractivity contribution in [3.8, 4) is 0 Å². The van der Waals surface area contributed by atoms with E-state index in [1.807, 2.05) is 0 Å². The van der Waals surface area contributed by atoms with Gasteiger partial charge in [-0.1, -0.05) is 37.1 Å². The molecular formula is C14H21NO2. The summed E-state index contributed by atoms with van der Waals surface area (Å²) in [5.41, 5.74) is 6.98. The molecule has 1 rings (SSSR count). The summed E-state index contributed by atoms with van der Waals surface area (Å²) in [5, 5.41) is 8.90. The molecule has 94 valence electrons. The molecule has 3 heteroatoms. The summed E-state index contributed by atoms with van der Waals surface area (Å²) in [6.07, 6.45) is 4.74. The molecule has 0 unspecified atom stereocenters. The summed E-state index contributed by atoms with van der Waals surface area (Å²) in [5.74, 6) is 0.183. The van der Waals surface area contributed by atoms with Gasteiger partial charge in [0, 0.05) is 12.0 Å². The van der Waals surface area contributed by atoms with E-state index in [9.17, 15) is 4.79 Å². The maximum Gasteiger partial charge on any atom is 0.162 e. The Kier molecular flexibility index (Phi) is 6.51. The second-order valence-corrected chi connectivity index (χ2v) is 4.23. The molecule has 0 spiro atoms. The van der Waals surface area contributed by atoms with Crippen LogP contribution in [0.25, 0.3) is 0 Å². The lowest BCUT2D eigenvalue weighted by Gasteiger charge is -2.02. The van der Waals surface area contributed by atoms with Crippen molar-refractivity contribution in [3.05, 3.63) is 35.4 Å². The molecule has 3 nitrogen and oxygen atoms in total. The second kappa shape index (κ2) is 7.98. The van der Waals surface area contributed by atoms with Crippen LogP contribution in [0.1, 0.15) is 48.0 Å². The Morgan fingerprint density at radius 1 is 1.06 bits per heavy atom. The number of benzene rings is 1. The maximum atomic E-state index is 11.8. The van der Waals surface area contributed by atoms with Crippen LogP contribution in [0.4, 0.5) is 0 Å². The normalized spacial score (nSPS) is 10.5. The van der Waals surface area contributed by atoms with E-state index in [0.29, 0.717) is 6.42 Å². The van der Waals surface area contributed by atoms with E-state index in [1.165, 1.54) is 0 Å². The number of carbonyl (C=O) groups excluding carboxylic acids is 1. The van der Waals surface area contributed by atoms with Gasteiger partial charge in [0.15, 0.2) is 5.78 Å². The van der Waals surface area contributed by atoms with Gasteiger partial charge in [-0.3, -0.25) is 4.79 Å². The van der Waals surface area contributed by atoms with Crippen LogP contribution in [-0.2, 0) is 6.61 Å². The van der Waals surface area contributed by atoms with E-state index in [4.69, 9.17) is 10.8 Å². The van der Waals surface area contributed by atoms with Gasteiger partial charge in [-0.2, -0.15) is 0 Å². The van der Waals surface area contributed by atoms with Gasteiger partial charge in [0.2, 0.25) is 0 Å². The predicted octanol–water partition coefficient (Wildman–Crippen LogP) is 2.27. The number of aliphatic hydroxyl groups excluding tert-OH is 1. The first-order valence-corrected chi connectivity index (χ1v) is 6.21. The molecule has 1 aromatic carbocycles. The number of nitrogens with two attached hydrogens (primary N) is 1. The largest absolute Gasteiger partial charge is 0.392 e. The minimum atomic E-state index is 0.0214. The van der Waals surface area contributed by atoms with E-state index in [0.717, 1.165) is 43.4 Å². The molecule has 0 amide bonds. The Balaban J connectivity index is 2.31. The number of unbranched alkanes of at least 4 members (excludes halogenated alkanes) is 3. The van der Waals surface area contributed by atoms with Crippen molar-refractivity contribution in [1.29, 1.82) is 0 Å². The highest BCUT2D eigenvalue weighted by atomic mass is 16.3. The molecule has 0 aliphatic heterocycles. The average Bonchev–Trinajstić information content (AvgIpc) is 2.38. The number of ketones is 1. The SMILES string of the molecule is NCCCCCCC(=O)c1ccc(CO)cc1. The fourth-order valence-corrected chi connectivity index (χ4v) is 1.72. The Morgan fingerprint density at radius 2 is 1.71 bits per heavy atom. The van der Waals surface area contributed by atoms with E-state index >= 15 is 0 Å². The van der Waals surface area contributed by atoms with E-state index in [2.05, 4.69) is 0 Å². The van der Waals surface area contributed by atoms with Crippen molar-refractivity contribution in [2.24, 2.45) is 5.73 Å². The molecule has 0 saturated carbocycles. The van der Waals surface area contributed by atoms with Crippen LogP contribution in [0.5, 0.6) is 0 Å². The summed E-state index contributed by atoms with van der Waals surface area (Å²) < 4.78 is 0. The van der Waals surface area contributed by atoms with E-state index in [-0.39, 0.29) is 12.4 Å². The number of hydrogen-bond donors (Lipinski definition) is 2. The first kappa shape index (κ1) is 13.9. The van der Waals surface area contributed by atoms with E-state index in [1.54, 1.807) is 24.3 Å². The van der Waals surface area contributed by atoms with Crippen molar-refractivity contribution in [3.63, 3.8) is 0 Å². The quantitative estimate of drug-likeness (QED) is 0.536. The van der Waals surface area contributed by atoms with Gasteiger partial charge in [0.1, 0.15) is 0 Å². The van der Waals surface area contributed by atoms with Crippen molar-refractivity contribution >= 4 is 5.78 Å². The van der Waals surface area contributed by atoms with Crippen molar-refractivity contribution in [2.75, 3.05) is 6.54 Å². The molecule has 0 atom stereocenters. The molecule has 1 aromatic rings. The third-order valence-corrected chi connectivity index (χ3v) is 2.82. The summed E-state index contributed by atoms with van der Waals surface area (Å²) in [4.78, 5) is 11.8. The van der Waals surface area contributed by atoms with Gasteiger partial charge < -0.3 is 10.8 Å². The molecule has 0 aromatic heterocycles. The van der Waals surface area contributed by atoms with Crippen LogP contribution in [0.15, 0.2) is 24.3 Å². The minimum absolute atomic E-state index is 0.0214. The van der Waals surface area contributed by atoms with Gasteiger partial charge in [-0.15, -0.1) is 0 Å². The number of rotatable bonds is 8. The zero-order valence-corrected chi connectivity index (χ0v) is 10.2. The number of aliphatic hydroxyl groups is 1. The zero-order valence-electron chi connectivity index (χ0n) is 10.2. The lowest BCUT2D eigenvalue weighted by molar-refractivity contribution is 0.0979. The van der Waals surface area contributed by atoms with Crippen LogP contribution in [0.2, 0.25) is 0 Å². The topological polar surface area (TPSA) is 63.3 Å². The molecule has 3 N–H and O–H groups in total. The van der Waals surface area contributed by atoms with Crippen molar-refractivity contribution in [2.45, 2.75) is 38.7 Å². The molecule has 0 fully saturated rings. The summed E-state index contributed by atoms with van der Waals surface area (Å²) >= 11 is 0. The summed E-state index contributed by atoms with van der Waals surface area (Å²) in [6.45, 7) is 0.754. The zero-order chi connectivity index (χ0) is 12.5.